The van der Waals surface area contributed by atoms with Crippen molar-refractivity contribution >= 4 is 40.0 Å². The van der Waals surface area contributed by atoms with Gasteiger partial charge in [0.25, 0.3) is 5.91 Å². The van der Waals surface area contributed by atoms with Crippen LogP contribution in [-0.4, -0.2) is 41.0 Å². The van der Waals surface area contributed by atoms with Gasteiger partial charge in [-0.2, -0.15) is 0 Å². The SMILES string of the molecule is COc1ccc(C2C(C(=O)c3cccs3)=C(O)C(=O)N2c2nc3ccc(C)cc3[nH]2)cc1OC. The Bertz CT molecular complexity index is 1450. The van der Waals surface area contributed by atoms with Crippen molar-refractivity contribution < 1.29 is 24.2 Å². The number of thiophene rings is 1. The monoisotopic (exact) mass is 475 g/mol. The maximum atomic E-state index is 13.4. The normalized spacial score (nSPS) is 15.9. The molecule has 3 heterocycles. The first-order valence-corrected chi connectivity index (χ1v) is 11.3. The molecule has 9 heteroatoms. The molecule has 0 fully saturated rings. The molecule has 1 amide bonds. The van der Waals surface area contributed by atoms with Crippen LogP contribution in [0.5, 0.6) is 11.5 Å². The Morgan fingerprint density at radius 3 is 2.62 bits per heavy atom. The average Bonchev–Trinajstić information content (AvgIpc) is 3.57. The molecule has 0 radical (unpaired) electrons. The van der Waals surface area contributed by atoms with Crippen molar-refractivity contribution in [1.82, 2.24) is 9.97 Å². The van der Waals surface area contributed by atoms with E-state index in [0.717, 1.165) is 11.1 Å². The molecule has 0 bridgehead atoms. The minimum atomic E-state index is -0.927. The summed E-state index contributed by atoms with van der Waals surface area (Å²) >= 11 is 1.24. The summed E-state index contributed by atoms with van der Waals surface area (Å²) < 4.78 is 10.8. The van der Waals surface area contributed by atoms with Gasteiger partial charge in [0.1, 0.15) is 0 Å². The number of amides is 1. The summed E-state index contributed by atoms with van der Waals surface area (Å²) in [7, 11) is 3.03. The summed E-state index contributed by atoms with van der Waals surface area (Å²) in [6, 6.07) is 13.3. The molecule has 2 aromatic carbocycles. The molecule has 0 saturated heterocycles. The maximum Gasteiger partial charge on any atom is 0.296 e. The van der Waals surface area contributed by atoms with Gasteiger partial charge in [0, 0.05) is 0 Å². The number of ketones is 1. The van der Waals surface area contributed by atoms with Crippen LogP contribution < -0.4 is 14.4 Å². The van der Waals surface area contributed by atoms with Crippen molar-refractivity contribution in [2.45, 2.75) is 13.0 Å². The number of imidazole rings is 1. The summed E-state index contributed by atoms with van der Waals surface area (Å²) in [6.45, 7) is 1.96. The topological polar surface area (TPSA) is 105 Å². The lowest BCUT2D eigenvalue weighted by Gasteiger charge is -2.25. The Balaban J connectivity index is 1.70. The van der Waals surface area contributed by atoms with E-state index in [9.17, 15) is 14.7 Å². The molecule has 1 aliphatic rings. The smallest absolute Gasteiger partial charge is 0.296 e. The molecule has 0 saturated carbocycles. The first-order valence-electron chi connectivity index (χ1n) is 10.5. The second kappa shape index (κ2) is 8.35. The molecule has 2 N–H and O–H groups in total. The van der Waals surface area contributed by atoms with Gasteiger partial charge in [0.2, 0.25) is 11.7 Å². The third-order valence-electron chi connectivity index (χ3n) is 5.77. The zero-order valence-electron chi connectivity index (χ0n) is 18.7. The number of benzene rings is 2. The number of nitrogens with one attached hydrogen (secondary N) is 1. The van der Waals surface area contributed by atoms with Gasteiger partial charge in [-0.3, -0.25) is 14.5 Å². The van der Waals surface area contributed by atoms with E-state index in [1.54, 1.807) is 35.7 Å². The van der Waals surface area contributed by atoms with Crippen LogP contribution in [0.2, 0.25) is 0 Å². The number of anilines is 1. The molecule has 172 valence electrons. The quantitative estimate of drug-likeness (QED) is 0.391. The van der Waals surface area contributed by atoms with E-state index in [2.05, 4.69) is 9.97 Å². The molecule has 4 aromatic rings. The van der Waals surface area contributed by atoms with E-state index in [1.165, 1.54) is 30.5 Å². The number of carbonyl (C=O) groups is 2. The Morgan fingerprint density at radius 1 is 1.12 bits per heavy atom. The maximum absolute atomic E-state index is 13.4. The van der Waals surface area contributed by atoms with Gasteiger partial charge in [-0.05, 0) is 53.8 Å². The van der Waals surface area contributed by atoms with Gasteiger partial charge < -0.3 is 19.6 Å². The van der Waals surface area contributed by atoms with Crippen LogP contribution in [0.3, 0.4) is 0 Å². The van der Waals surface area contributed by atoms with Crippen molar-refractivity contribution in [3.8, 4) is 11.5 Å². The van der Waals surface area contributed by atoms with E-state index in [-0.39, 0.29) is 11.5 Å². The average molecular weight is 476 g/mol. The number of aromatic nitrogens is 2. The highest BCUT2D eigenvalue weighted by Gasteiger charge is 2.46. The number of aliphatic hydroxyl groups excluding tert-OH is 1. The van der Waals surface area contributed by atoms with Gasteiger partial charge in [0.15, 0.2) is 17.3 Å². The predicted octanol–water partition coefficient (Wildman–Crippen LogP) is 4.73. The van der Waals surface area contributed by atoms with E-state index in [1.807, 2.05) is 25.1 Å². The van der Waals surface area contributed by atoms with Crippen LogP contribution in [0.15, 0.2) is 65.2 Å². The molecule has 0 aliphatic carbocycles. The number of hydrogen-bond donors (Lipinski definition) is 2. The molecular weight excluding hydrogens is 454 g/mol. The summed E-state index contributed by atoms with van der Waals surface area (Å²) in [4.78, 5) is 36.3. The molecule has 8 nitrogen and oxygen atoms in total. The number of methoxy groups -OCH3 is 2. The summed E-state index contributed by atoms with van der Waals surface area (Å²) in [6.07, 6.45) is 0. The van der Waals surface area contributed by atoms with Crippen molar-refractivity contribution in [1.29, 1.82) is 0 Å². The highest BCUT2D eigenvalue weighted by Crippen LogP contribution is 2.43. The Hall–Kier alpha value is -4.11. The standard InChI is InChI=1S/C25H21N3O5S/c1-13-6-8-15-16(11-13)27-25(26-15)28-21(14-7-9-17(32-2)18(12-14)33-3)20(23(30)24(28)31)22(29)19-5-4-10-34-19/h4-12,21,30H,1-3H3,(H,26,27). The van der Waals surface area contributed by atoms with Crippen molar-refractivity contribution in [3.63, 3.8) is 0 Å². The number of ether oxygens (including phenoxy) is 2. The zero-order chi connectivity index (χ0) is 24.0. The van der Waals surface area contributed by atoms with Gasteiger partial charge in [-0.25, -0.2) is 4.98 Å². The number of carbonyl (C=O) groups excluding carboxylic acids is 2. The fourth-order valence-electron chi connectivity index (χ4n) is 4.16. The number of fused-ring (bicyclic) bond motifs is 1. The van der Waals surface area contributed by atoms with Crippen molar-refractivity contribution in [2.24, 2.45) is 0 Å². The third-order valence-corrected chi connectivity index (χ3v) is 6.64. The third kappa shape index (κ3) is 3.41. The summed E-state index contributed by atoms with van der Waals surface area (Å²) in [5.74, 6) is -0.575. The Kier molecular flexibility index (Phi) is 5.33. The van der Waals surface area contributed by atoms with E-state index < -0.39 is 23.5 Å². The molecule has 1 unspecified atom stereocenters. The van der Waals surface area contributed by atoms with Crippen LogP contribution in [0.4, 0.5) is 5.95 Å². The molecule has 34 heavy (non-hydrogen) atoms. The molecule has 1 aliphatic heterocycles. The number of Topliss-reactive ketones (excluding diaryl/α,β-unsaturated/α-hetero) is 1. The number of rotatable bonds is 6. The fourth-order valence-corrected chi connectivity index (χ4v) is 4.84. The molecule has 0 spiro atoms. The lowest BCUT2D eigenvalue weighted by molar-refractivity contribution is -0.117. The van der Waals surface area contributed by atoms with Crippen LogP contribution in [0, 0.1) is 6.92 Å². The minimum absolute atomic E-state index is 0.0173. The first-order chi connectivity index (χ1) is 16.4. The van der Waals surface area contributed by atoms with Crippen LogP contribution in [0.1, 0.15) is 26.8 Å². The number of aryl methyl sites for hydroxylation is 1. The number of nitrogens with zero attached hydrogens (tertiary/aromatic N) is 2. The zero-order valence-corrected chi connectivity index (χ0v) is 19.5. The van der Waals surface area contributed by atoms with E-state index in [0.29, 0.717) is 27.5 Å². The predicted molar refractivity (Wildman–Crippen MR) is 129 cm³/mol. The molecule has 2 aromatic heterocycles. The Labute approximate surface area is 199 Å². The van der Waals surface area contributed by atoms with Crippen LogP contribution in [-0.2, 0) is 4.79 Å². The fraction of sp³-hybridized carbons (Fsp3) is 0.160. The van der Waals surface area contributed by atoms with Crippen molar-refractivity contribution in [3.05, 3.63) is 81.2 Å². The van der Waals surface area contributed by atoms with Gasteiger partial charge in [-0.15, -0.1) is 11.3 Å². The molecule has 5 rings (SSSR count). The van der Waals surface area contributed by atoms with Crippen LogP contribution in [0.25, 0.3) is 11.0 Å². The van der Waals surface area contributed by atoms with E-state index in [4.69, 9.17) is 9.47 Å². The number of H-pyrrole nitrogens is 1. The lowest BCUT2D eigenvalue weighted by atomic mass is 9.95. The number of hydrogen-bond acceptors (Lipinski definition) is 7. The van der Waals surface area contributed by atoms with Gasteiger partial charge in [0.05, 0.1) is 41.7 Å². The largest absolute Gasteiger partial charge is 0.503 e. The van der Waals surface area contributed by atoms with Crippen LogP contribution >= 0.6 is 11.3 Å². The van der Waals surface area contributed by atoms with E-state index >= 15 is 0 Å². The second-order valence-electron chi connectivity index (χ2n) is 7.84. The number of aliphatic hydroxyl groups is 1. The highest BCUT2D eigenvalue weighted by atomic mass is 32.1. The Morgan fingerprint density at radius 2 is 1.91 bits per heavy atom. The van der Waals surface area contributed by atoms with Gasteiger partial charge >= 0.3 is 0 Å². The molecule has 1 atom stereocenters. The molecular formula is C25H21N3O5S. The number of aromatic amines is 1. The minimum Gasteiger partial charge on any atom is -0.503 e. The second-order valence-corrected chi connectivity index (χ2v) is 8.79. The van der Waals surface area contributed by atoms with Gasteiger partial charge in [-0.1, -0.05) is 18.2 Å². The highest BCUT2D eigenvalue weighted by molar-refractivity contribution is 7.12. The lowest BCUT2D eigenvalue weighted by Crippen LogP contribution is -2.32. The first kappa shape index (κ1) is 21.7. The summed E-state index contributed by atoms with van der Waals surface area (Å²) in [5.41, 5.74) is 2.98. The van der Waals surface area contributed by atoms with Crippen molar-refractivity contribution in [2.75, 3.05) is 19.1 Å². The summed E-state index contributed by atoms with van der Waals surface area (Å²) in [5, 5.41) is 12.7.